The van der Waals surface area contributed by atoms with Gasteiger partial charge in [0.05, 0.1) is 7.11 Å². The van der Waals surface area contributed by atoms with E-state index in [-0.39, 0.29) is 34.4 Å². The lowest BCUT2D eigenvalue weighted by Gasteiger charge is -2.28. The van der Waals surface area contributed by atoms with E-state index in [0.717, 1.165) is 5.56 Å². The number of nitrogens with zero attached hydrogens (tertiary/aromatic N) is 2. The number of hydrogen-bond acceptors (Lipinski definition) is 8. The van der Waals surface area contributed by atoms with Gasteiger partial charge in [-0.3, -0.25) is 0 Å². The highest BCUT2D eigenvalue weighted by Gasteiger charge is 2.34. The van der Waals surface area contributed by atoms with Crippen LogP contribution in [0.25, 0.3) is 11.6 Å². The number of nitrogens with one attached hydrogen (secondary N) is 1. The largest absolute Gasteiger partial charge is 0.464 e. The van der Waals surface area contributed by atoms with Crippen molar-refractivity contribution in [1.29, 1.82) is 0 Å². The molecule has 1 amide bonds. The molecule has 1 aromatic carbocycles. The third-order valence-electron chi connectivity index (χ3n) is 4.29. The van der Waals surface area contributed by atoms with Gasteiger partial charge in [0, 0.05) is 0 Å². The number of carbonyl (C=O) groups excluding carboxylic acids is 2. The summed E-state index contributed by atoms with van der Waals surface area (Å²) in [4.78, 5) is 32.5. The van der Waals surface area contributed by atoms with Crippen LogP contribution in [-0.4, -0.2) is 29.1 Å². The van der Waals surface area contributed by atoms with E-state index < -0.39 is 23.5 Å². The van der Waals surface area contributed by atoms with Crippen LogP contribution in [0.1, 0.15) is 48.8 Å². The van der Waals surface area contributed by atoms with Crippen molar-refractivity contribution in [2.45, 2.75) is 33.4 Å². The van der Waals surface area contributed by atoms with E-state index in [1.807, 2.05) is 51.1 Å². The van der Waals surface area contributed by atoms with Gasteiger partial charge in [0.25, 0.3) is 5.89 Å². The molecule has 0 unspecified atom stereocenters. The molecule has 0 fully saturated rings. The average molecular weight is 492 g/mol. The molecule has 10 heteroatoms. The molecule has 1 N–H and O–H groups in total. The first-order valence-electron chi connectivity index (χ1n) is 9.36. The topological polar surface area (TPSA) is 117 Å². The molecule has 31 heavy (non-hydrogen) atoms. The molecule has 3 rings (SSSR count). The molecule has 0 radical (unpaired) electrons. The number of amides is 1. The molecule has 0 aliphatic heterocycles. The van der Waals surface area contributed by atoms with Crippen LogP contribution in [0.15, 0.2) is 50.1 Å². The minimum absolute atomic E-state index is 0.00364. The van der Waals surface area contributed by atoms with Gasteiger partial charge in [-0.15, -0.1) is 0 Å². The summed E-state index contributed by atoms with van der Waals surface area (Å²) in [5, 5.41) is 2.80. The third kappa shape index (κ3) is 5.52. The molecule has 0 bridgehead atoms. The highest BCUT2D eigenvalue weighted by atomic mass is 79.9. The molecule has 0 saturated carbocycles. The van der Waals surface area contributed by atoms with E-state index in [4.69, 9.17) is 13.6 Å². The Bertz CT molecular complexity index is 1050. The van der Waals surface area contributed by atoms with Gasteiger partial charge >= 0.3 is 12.1 Å². The lowest BCUT2D eigenvalue weighted by atomic mass is 9.87. The maximum atomic E-state index is 12.4. The predicted octanol–water partition coefficient (Wildman–Crippen LogP) is 4.89. The van der Waals surface area contributed by atoms with Crippen LogP contribution in [0, 0.1) is 5.41 Å². The lowest BCUT2D eigenvalue weighted by Crippen LogP contribution is -2.37. The number of oxazole rings is 2. The van der Waals surface area contributed by atoms with E-state index in [2.05, 4.69) is 36.0 Å². The Kier molecular flexibility index (Phi) is 6.79. The Balaban J connectivity index is 1.78. The number of rotatable bonds is 6. The minimum Gasteiger partial charge on any atom is -0.464 e. The second-order valence-electron chi connectivity index (χ2n) is 7.71. The molecular weight excluding hydrogens is 470 g/mol. The first kappa shape index (κ1) is 22.5. The zero-order valence-electron chi connectivity index (χ0n) is 17.5. The van der Waals surface area contributed by atoms with Crippen molar-refractivity contribution in [3.05, 3.63) is 58.4 Å². The van der Waals surface area contributed by atoms with Crippen LogP contribution in [0.5, 0.6) is 0 Å². The number of esters is 1. The molecule has 3 aromatic rings. The van der Waals surface area contributed by atoms with Crippen molar-refractivity contribution < 1.29 is 27.9 Å². The molecule has 0 aliphatic carbocycles. The monoisotopic (exact) mass is 491 g/mol. The van der Waals surface area contributed by atoms with E-state index in [1.54, 1.807) is 0 Å². The van der Waals surface area contributed by atoms with Crippen LogP contribution >= 0.6 is 15.9 Å². The number of alkyl carbamates (subject to hydrolysis) is 1. The molecule has 0 saturated heterocycles. The van der Waals surface area contributed by atoms with Gasteiger partial charge in [-0.2, -0.15) is 0 Å². The standard InChI is InChI=1S/C21H22BrN3O6/c1-21(2,3)15(25-20(27)30-10-12-8-6-5-7-9-12)18-24-14(16(22)31-18)17-23-13(11-29-17)19(26)28-4/h5-9,11,15H,10H2,1-4H3,(H,25,27)/t15-/m1/s1. The number of methoxy groups -OCH3 is 1. The smallest absolute Gasteiger partial charge is 0.408 e. The Morgan fingerprint density at radius 2 is 1.90 bits per heavy atom. The highest BCUT2D eigenvalue weighted by molar-refractivity contribution is 9.10. The van der Waals surface area contributed by atoms with Crippen molar-refractivity contribution in [1.82, 2.24) is 15.3 Å². The van der Waals surface area contributed by atoms with Crippen LogP contribution in [0.3, 0.4) is 0 Å². The van der Waals surface area contributed by atoms with E-state index in [0.29, 0.717) is 0 Å². The molecule has 9 nitrogen and oxygen atoms in total. The third-order valence-corrected chi connectivity index (χ3v) is 4.83. The van der Waals surface area contributed by atoms with Crippen molar-refractivity contribution in [3.63, 3.8) is 0 Å². The van der Waals surface area contributed by atoms with Gasteiger partial charge in [-0.25, -0.2) is 19.6 Å². The first-order valence-corrected chi connectivity index (χ1v) is 10.2. The fourth-order valence-corrected chi connectivity index (χ4v) is 3.11. The number of carbonyl (C=O) groups is 2. The molecule has 0 aliphatic rings. The van der Waals surface area contributed by atoms with E-state index in [9.17, 15) is 9.59 Å². The lowest BCUT2D eigenvalue weighted by molar-refractivity contribution is 0.0594. The molecule has 164 valence electrons. The Morgan fingerprint density at radius 1 is 1.19 bits per heavy atom. The van der Waals surface area contributed by atoms with Gasteiger partial charge in [0.15, 0.2) is 11.4 Å². The number of halogens is 1. The Morgan fingerprint density at radius 3 is 2.55 bits per heavy atom. The summed E-state index contributed by atoms with van der Waals surface area (Å²) in [5.74, 6) is -0.337. The summed E-state index contributed by atoms with van der Waals surface area (Å²) in [6, 6.07) is 8.74. The Labute approximate surface area is 187 Å². The first-order chi connectivity index (χ1) is 14.7. The molecule has 1 atom stereocenters. The quantitative estimate of drug-likeness (QED) is 0.484. The van der Waals surface area contributed by atoms with Gasteiger partial charge in [-0.1, -0.05) is 51.1 Å². The summed E-state index contributed by atoms with van der Waals surface area (Å²) < 4.78 is 21.3. The van der Waals surface area contributed by atoms with Gasteiger partial charge in [0.2, 0.25) is 10.6 Å². The highest BCUT2D eigenvalue weighted by Crippen LogP contribution is 2.37. The van der Waals surface area contributed by atoms with Gasteiger partial charge in [0.1, 0.15) is 18.9 Å². The van der Waals surface area contributed by atoms with Gasteiger partial charge in [-0.05, 0) is 26.9 Å². The second kappa shape index (κ2) is 9.34. The van der Waals surface area contributed by atoms with Crippen molar-refractivity contribution in [2.75, 3.05) is 7.11 Å². The second-order valence-corrected chi connectivity index (χ2v) is 8.43. The SMILES string of the molecule is COC(=O)c1coc(-c2nc([C@@H](NC(=O)OCc3ccccc3)C(C)(C)C)oc2Br)n1. The van der Waals surface area contributed by atoms with Crippen molar-refractivity contribution in [3.8, 4) is 11.6 Å². The average Bonchev–Trinajstić information content (AvgIpc) is 3.36. The maximum Gasteiger partial charge on any atom is 0.408 e. The molecular formula is C21H22BrN3O6. The fraction of sp³-hybridized carbons (Fsp3) is 0.333. The van der Waals surface area contributed by atoms with Gasteiger partial charge < -0.3 is 23.6 Å². The maximum absolute atomic E-state index is 12.4. The number of aromatic nitrogens is 2. The summed E-state index contributed by atoms with van der Waals surface area (Å²) in [7, 11) is 1.25. The summed E-state index contributed by atoms with van der Waals surface area (Å²) >= 11 is 3.29. The van der Waals surface area contributed by atoms with Crippen LogP contribution in [-0.2, 0) is 16.1 Å². The van der Waals surface area contributed by atoms with E-state index in [1.165, 1.54) is 13.4 Å². The zero-order valence-corrected chi connectivity index (χ0v) is 19.1. The fourth-order valence-electron chi connectivity index (χ4n) is 2.68. The number of benzene rings is 1. The van der Waals surface area contributed by atoms with Crippen molar-refractivity contribution in [2.24, 2.45) is 5.41 Å². The summed E-state index contributed by atoms with van der Waals surface area (Å²) in [6.45, 7) is 5.91. The minimum atomic E-state index is -0.634. The molecule has 2 aromatic heterocycles. The number of hydrogen-bond donors (Lipinski definition) is 1. The number of ether oxygens (including phenoxy) is 2. The zero-order chi connectivity index (χ0) is 22.6. The molecule has 2 heterocycles. The summed E-state index contributed by atoms with van der Waals surface area (Å²) in [6.07, 6.45) is 0.561. The van der Waals surface area contributed by atoms with E-state index >= 15 is 0 Å². The van der Waals surface area contributed by atoms with Crippen LogP contribution in [0.4, 0.5) is 4.79 Å². The van der Waals surface area contributed by atoms with Crippen LogP contribution < -0.4 is 5.32 Å². The van der Waals surface area contributed by atoms with Crippen molar-refractivity contribution >= 4 is 28.0 Å². The van der Waals surface area contributed by atoms with Crippen LogP contribution in [0.2, 0.25) is 0 Å². The Hall–Kier alpha value is -3.14. The predicted molar refractivity (Wildman–Crippen MR) is 113 cm³/mol. The molecule has 0 spiro atoms. The normalized spacial score (nSPS) is 12.3. The summed E-state index contributed by atoms with van der Waals surface area (Å²) in [5.41, 5.74) is 0.667.